The zero-order valence-electron chi connectivity index (χ0n) is 14.6. The number of hydrogen-bond donors (Lipinski definition) is 1. The van der Waals surface area contributed by atoms with Gasteiger partial charge in [0.25, 0.3) is 0 Å². The summed E-state index contributed by atoms with van der Waals surface area (Å²) < 4.78 is 0. The lowest BCUT2D eigenvalue weighted by molar-refractivity contribution is -0.126. The first-order chi connectivity index (χ1) is 12.1. The molecule has 132 valence electrons. The van der Waals surface area contributed by atoms with E-state index in [0.29, 0.717) is 17.5 Å². The van der Waals surface area contributed by atoms with E-state index in [1.54, 1.807) is 0 Å². The highest BCUT2D eigenvalue weighted by Crippen LogP contribution is 2.28. The molecular formula is C21H25ClN2O. The van der Waals surface area contributed by atoms with Crippen LogP contribution in [0.3, 0.4) is 0 Å². The van der Waals surface area contributed by atoms with Gasteiger partial charge in [-0.15, -0.1) is 0 Å². The SMILES string of the molecule is CC(C(=O)NCc1ccccc1Cl)N1CCC(c2ccccc2)CC1. The fourth-order valence-corrected chi connectivity index (χ4v) is 3.69. The van der Waals surface area contributed by atoms with Crippen molar-refractivity contribution >= 4 is 17.5 Å². The fourth-order valence-electron chi connectivity index (χ4n) is 3.48. The Labute approximate surface area is 155 Å². The van der Waals surface area contributed by atoms with E-state index < -0.39 is 0 Å². The van der Waals surface area contributed by atoms with E-state index in [2.05, 4.69) is 40.5 Å². The average Bonchev–Trinajstić information content (AvgIpc) is 2.67. The van der Waals surface area contributed by atoms with Crippen molar-refractivity contribution in [3.8, 4) is 0 Å². The predicted molar refractivity (Wildman–Crippen MR) is 103 cm³/mol. The summed E-state index contributed by atoms with van der Waals surface area (Å²) in [6.07, 6.45) is 2.21. The number of rotatable bonds is 5. The van der Waals surface area contributed by atoms with Crippen LogP contribution < -0.4 is 5.32 Å². The standard InChI is InChI=1S/C21H25ClN2O/c1-16(21(25)23-15-19-9-5-6-10-20(19)22)24-13-11-18(12-14-24)17-7-3-2-4-8-17/h2-10,16,18H,11-15H2,1H3,(H,23,25). The molecular weight excluding hydrogens is 332 g/mol. The molecule has 1 unspecified atom stereocenters. The van der Waals surface area contributed by atoms with E-state index in [1.165, 1.54) is 5.56 Å². The molecule has 1 saturated heterocycles. The van der Waals surface area contributed by atoms with Gasteiger partial charge in [-0.05, 0) is 56.0 Å². The van der Waals surface area contributed by atoms with Crippen molar-refractivity contribution in [1.29, 1.82) is 0 Å². The molecule has 1 atom stereocenters. The molecule has 3 rings (SSSR count). The molecule has 1 amide bonds. The second kappa shape index (κ2) is 8.50. The summed E-state index contributed by atoms with van der Waals surface area (Å²) in [6.45, 7) is 4.38. The van der Waals surface area contributed by atoms with Crippen LogP contribution >= 0.6 is 11.6 Å². The highest BCUT2D eigenvalue weighted by Gasteiger charge is 2.27. The maximum Gasteiger partial charge on any atom is 0.237 e. The van der Waals surface area contributed by atoms with Crippen LogP contribution in [-0.2, 0) is 11.3 Å². The van der Waals surface area contributed by atoms with E-state index in [0.717, 1.165) is 31.5 Å². The lowest BCUT2D eigenvalue weighted by Crippen LogP contribution is -2.47. The van der Waals surface area contributed by atoms with Crippen LogP contribution in [0.4, 0.5) is 0 Å². The predicted octanol–water partition coefficient (Wildman–Crippen LogP) is 4.22. The summed E-state index contributed by atoms with van der Waals surface area (Å²) in [5.41, 5.74) is 2.37. The second-order valence-corrected chi connectivity index (χ2v) is 7.11. The number of nitrogens with one attached hydrogen (secondary N) is 1. The minimum Gasteiger partial charge on any atom is -0.351 e. The Morgan fingerprint density at radius 3 is 2.44 bits per heavy atom. The molecule has 1 fully saturated rings. The molecule has 1 N–H and O–H groups in total. The maximum atomic E-state index is 12.5. The number of carbonyl (C=O) groups is 1. The summed E-state index contributed by atoms with van der Waals surface area (Å²) in [5.74, 6) is 0.675. The van der Waals surface area contributed by atoms with E-state index in [4.69, 9.17) is 11.6 Å². The van der Waals surface area contributed by atoms with Crippen LogP contribution in [0.15, 0.2) is 54.6 Å². The summed E-state index contributed by atoms with van der Waals surface area (Å²) in [7, 11) is 0. The average molecular weight is 357 g/mol. The second-order valence-electron chi connectivity index (χ2n) is 6.71. The Balaban J connectivity index is 1.49. The molecule has 2 aromatic carbocycles. The number of likely N-dealkylation sites (tertiary alicyclic amines) is 1. The number of nitrogens with zero attached hydrogens (tertiary/aromatic N) is 1. The zero-order valence-corrected chi connectivity index (χ0v) is 15.4. The number of carbonyl (C=O) groups excluding carboxylic acids is 1. The molecule has 0 aliphatic carbocycles. The van der Waals surface area contributed by atoms with E-state index in [9.17, 15) is 4.79 Å². The Morgan fingerprint density at radius 2 is 1.76 bits per heavy atom. The Kier molecular flexibility index (Phi) is 6.11. The Morgan fingerprint density at radius 1 is 1.12 bits per heavy atom. The van der Waals surface area contributed by atoms with Crippen LogP contribution in [0, 0.1) is 0 Å². The van der Waals surface area contributed by atoms with Gasteiger partial charge in [0.1, 0.15) is 0 Å². The molecule has 4 heteroatoms. The Hall–Kier alpha value is -1.84. The third kappa shape index (κ3) is 4.62. The van der Waals surface area contributed by atoms with Gasteiger partial charge in [0.2, 0.25) is 5.91 Å². The van der Waals surface area contributed by atoms with Gasteiger partial charge in [0, 0.05) is 11.6 Å². The van der Waals surface area contributed by atoms with Crippen molar-refractivity contribution in [1.82, 2.24) is 10.2 Å². The van der Waals surface area contributed by atoms with Crippen molar-refractivity contribution in [2.45, 2.75) is 38.3 Å². The van der Waals surface area contributed by atoms with Crippen molar-refractivity contribution in [2.24, 2.45) is 0 Å². The molecule has 3 nitrogen and oxygen atoms in total. The summed E-state index contributed by atoms with van der Waals surface area (Å²) in [6, 6.07) is 18.2. The van der Waals surface area contributed by atoms with Gasteiger partial charge in [-0.3, -0.25) is 9.69 Å². The fraction of sp³-hybridized carbons (Fsp3) is 0.381. The van der Waals surface area contributed by atoms with Crippen LogP contribution in [0.5, 0.6) is 0 Å². The topological polar surface area (TPSA) is 32.3 Å². The summed E-state index contributed by atoms with van der Waals surface area (Å²) >= 11 is 6.15. The molecule has 0 aromatic heterocycles. The van der Waals surface area contributed by atoms with Crippen molar-refractivity contribution < 1.29 is 4.79 Å². The highest BCUT2D eigenvalue weighted by molar-refractivity contribution is 6.31. The first-order valence-electron chi connectivity index (χ1n) is 8.95. The highest BCUT2D eigenvalue weighted by atomic mass is 35.5. The van der Waals surface area contributed by atoms with Gasteiger partial charge >= 0.3 is 0 Å². The zero-order chi connectivity index (χ0) is 17.6. The third-order valence-electron chi connectivity index (χ3n) is 5.14. The molecule has 0 saturated carbocycles. The molecule has 25 heavy (non-hydrogen) atoms. The smallest absolute Gasteiger partial charge is 0.237 e. The minimum atomic E-state index is -0.112. The first kappa shape index (κ1) is 18.0. The van der Waals surface area contributed by atoms with Crippen LogP contribution in [0.25, 0.3) is 0 Å². The minimum absolute atomic E-state index is 0.0677. The number of hydrogen-bond acceptors (Lipinski definition) is 2. The maximum absolute atomic E-state index is 12.5. The van der Waals surface area contributed by atoms with Crippen LogP contribution in [-0.4, -0.2) is 29.9 Å². The van der Waals surface area contributed by atoms with E-state index in [-0.39, 0.29) is 11.9 Å². The number of halogens is 1. The molecule has 1 aliphatic rings. The normalized spacial score (nSPS) is 17.2. The molecule has 1 heterocycles. The first-order valence-corrected chi connectivity index (χ1v) is 9.33. The van der Waals surface area contributed by atoms with Gasteiger partial charge in [-0.1, -0.05) is 60.1 Å². The quantitative estimate of drug-likeness (QED) is 0.869. The van der Waals surface area contributed by atoms with Crippen LogP contribution in [0.2, 0.25) is 5.02 Å². The molecule has 1 aliphatic heterocycles. The summed E-state index contributed by atoms with van der Waals surface area (Å²) in [5, 5.41) is 3.71. The number of piperidine rings is 1. The van der Waals surface area contributed by atoms with Crippen molar-refractivity contribution in [2.75, 3.05) is 13.1 Å². The van der Waals surface area contributed by atoms with Gasteiger partial charge in [-0.25, -0.2) is 0 Å². The molecule has 0 bridgehead atoms. The van der Waals surface area contributed by atoms with E-state index in [1.807, 2.05) is 31.2 Å². The Bertz CT molecular complexity index is 696. The summed E-state index contributed by atoms with van der Waals surface area (Å²) in [4.78, 5) is 14.8. The molecule has 2 aromatic rings. The van der Waals surface area contributed by atoms with Gasteiger partial charge in [-0.2, -0.15) is 0 Å². The molecule has 0 radical (unpaired) electrons. The lowest BCUT2D eigenvalue weighted by Gasteiger charge is -2.35. The van der Waals surface area contributed by atoms with Crippen molar-refractivity contribution in [3.63, 3.8) is 0 Å². The van der Waals surface area contributed by atoms with Gasteiger partial charge in [0.05, 0.1) is 6.04 Å². The van der Waals surface area contributed by atoms with Gasteiger partial charge < -0.3 is 5.32 Å². The number of benzene rings is 2. The lowest BCUT2D eigenvalue weighted by atomic mass is 9.89. The van der Waals surface area contributed by atoms with Crippen LogP contribution in [0.1, 0.15) is 36.8 Å². The molecule has 0 spiro atoms. The largest absolute Gasteiger partial charge is 0.351 e. The van der Waals surface area contributed by atoms with Gasteiger partial charge in [0.15, 0.2) is 0 Å². The third-order valence-corrected chi connectivity index (χ3v) is 5.51. The van der Waals surface area contributed by atoms with E-state index >= 15 is 0 Å². The van der Waals surface area contributed by atoms with Crippen molar-refractivity contribution in [3.05, 3.63) is 70.7 Å². The number of amides is 1. The monoisotopic (exact) mass is 356 g/mol.